The van der Waals surface area contributed by atoms with Crippen molar-refractivity contribution in [2.45, 2.75) is 13.5 Å². The largest absolute Gasteiger partial charge is 0.378 e. The second-order valence-electron chi connectivity index (χ2n) is 4.31. The minimum Gasteiger partial charge on any atom is -0.378 e. The molecule has 0 atom stereocenters. The van der Waals surface area contributed by atoms with Crippen LogP contribution >= 0.6 is 12.2 Å². The van der Waals surface area contributed by atoms with Gasteiger partial charge in [-0.15, -0.1) is 0 Å². The summed E-state index contributed by atoms with van der Waals surface area (Å²) in [5, 5.41) is 6.79. The molecule has 0 fully saturated rings. The van der Waals surface area contributed by atoms with Crippen LogP contribution in [0.2, 0.25) is 0 Å². The Labute approximate surface area is 111 Å². The van der Waals surface area contributed by atoms with E-state index in [2.05, 4.69) is 44.8 Å². The summed E-state index contributed by atoms with van der Waals surface area (Å²) in [5.41, 5.74) is 5.62. The Hall–Kier alpha value is -1.82. The maximum Gasteiger partial charge on any atom is 0.214 e. The van der Waals surface area contributed by atoms with Crippen LogP contribution < -0.4 is 10.3 Å². The van der Waals surface area contributed by atoms with Gasteiger partial charge < -0.3 is 10.3 Å². The van der Waals surface area contributed by atoms with Gasteiger partial charge in [0.25, 0.3) is 0 Å². The van der Waals surface area contributed by atoms with Crippen molar-refractivity contribution < 1.29 is 0 Å². The molecule has 0 aliphatic carbocycles. The van der Waals surface area contributed by atoms with Crippen LogP contribution in [0.4, 0.5) is 5.69 Å². The highest BCUT2D eigenvalue weighted by atomic mass is 32.1. The Morgan fingerprint density at radius 2 is 2.00 bits per heavy atom. The third kappa shape index (κ3) is 2.70. The zero-order valence-corrected chi connectivity index (χ0v) is 11.6. The number of aryl methyl sites for hydroxylation is 1. The van der Waals surface area contributed by atoms with E-state index >= 15 is 0 Å². The Morgan fingerprint density at radius 1 is 1.33 bits per heavy atom. The van der Waals surface area contributed by atoms with Gasteiger partial charge in [-0.25, -0.2) is 4.68 Å². The number of hydrogen-bond acceptors (Lipinski definition) is 4. The van der Waals surface area contributed by atoms with Crippen LogP contribution in [0.15, 0.2) is 24.3 Å². The average Bonchev–Trinajstić information content (AvgIpc) is 2.67. The van der Waals surface area contributed by atoms with Crippen LogP contribution in [0.1, 0.15) is 11.4 Å². The fraction of sp³-hybridized carbons (Fsp3) is 0.333. The van der Waals surface area contributed by atoms with Gasteiger partial charge in [0, 0.05) is 19.8 Å². The van der Waals surface area contributed by atoms with Crippen LogP contribution in [0, 0.1) is 11.7 Å². The normalized spacial score (nSPS) is 10.4. The van der Waals surface area contributed by atoms with Gasteiger partial charge in [-0.2, -0.15) is 5.10 Å². The Morgan fingerprint density at radius 3 is 2.50 bits per heavy atom. The third-order valence-corrected chi connectivity index (χ3v) is 3.01. The highest BCUT2D eigenvalue weighted by Gasteiger charge is 2.00. The number of aromatic nitrogens is 3. The number of benzene rings is 1. The molecule has 0 aliphatic heterocycles. The number of rotatable bonds is 4. The number of nitrogens with one attached hydrogen (secondary N) is 2. The summed E-state index contributed by atoms with van der Waals surface area (Å²) in [4.78, 5) is 2.08. The molecule has 2 rings (SSSR count). The number of aromatic amines is 1. The van der Waals surface area contributed by atoms with Crippen molar-refractivity contribution in [2.24, 2.45) is 0 Å². The molecule has 96 valence electrons. The fourth-order valence-corrected chi connectivity index (χ4v) is 1.89. The van der Waals surface area contributed by atoms with Crippen molar-refractivity contribution >= 4 is 17.9 Å². The lowest BCUT2D eigenvalue weighted by atomic mass is 10.2. The van der Waals surface area contributed by atoms with E-state index in [0.29, 0.717) is 11.3 Å². The smallest absolute Gasteiger partial charge is 0.214 e. The van der Waals surface area contributed by atoms with E-state index in [0.717, 1.165) is 5.82 Å². The molecular formula is C12H17N5S. The average molecular weight is 263 g/mol. The van der Waals surface area contributed by atoms with Crippen molar-refractivity contribution in [3.63, 3.8) is 0 Å². The Kier molecular flexibility index (Phi) is 3.66. The highest BCUT2D eigenvalue weighted by molar-refractivity contribution is 7.71. The van der Waals surface area contributed by atoms with Gasteiger partial charge in [-0.3, -0.25) is 5.10 Å². The van der Waals surface area contributed by atoms with Crippen LogP contribution in [-0.4, -0.2) is 29.0 Å². The predicted molar refractivity (Wildman–Crippen MR) is 76.0 cm³/mol. The molecule has 0 radical (unpaired) electrons. The van der Waals surface area contributed by atoms with Crippen molar-refractivity contribution in [1.29, 1.82) is 0 Å². The van der Waals surface area contributed by atoms with Crippen LogP contribution in [0.5, 0.6) is 0 Å². The molecule has 18 heavy (non-hydrogen) atoms. The number of nitrogens with zero attached hydrogens (tertiary/aromatic N) is 3. The molecular weight excluding hydrogens is 246 g/mol. The van der Waals surface area contributed by atoms with Crippen LogP contribution in [0.25, 0.3) is 0 Å². The standard InChI is InChI=1S/C12H17N5S/c1-9-14-15-12(18)17(9)13-8-10-4-6-11(7-5-10)16(2)3/h4-7,13H,8H2,1-3H3,(H,15,18). The van der Waals surface area contributed by atoms with E-state index in [-0.39, 0.29) is 0 Å². The van der Waals surface area contributed by atoms with Gasteiger partial charge in [0.2, 0.25) is 4.77 Å². The summed E-state index contributed by atoms with van der Waals surface area (Å²) < 4.78 is 2.35. The molecule has 0 spiro atoms. The molecule has 6 heteroatoms. The summed E-state index contributed by atoms with van der Waals surface area (Å²) in [6, 6.07) is 8.39. The molecule has 1 heterocycles. The molecule has 0 bridgehead atoms. The molecule has 1 aromatic carbocycles. The number of anilines is 1. The molecule has 0 unspecified atom stereocenters. The highest BCUT2D eigenvalue weighted by Crippen LogP contribution is 2.12. The van der Waals surface area contributed by atoms with Gasteiger partial charge in [0.05, 0.1) is 6.54 Å². The van der Waals surface area contributed by atoms with E-state index in [1.165, 1.54) is 11.3 Å². The first kappa shape index (κ1) is 12.6. The third-order valence-electron chi connectivity index (χ3n) is 2.73. The van der Waals surface area contributed by atoms with E-state index in [9.17, 15) is 0 Å². The first-order valence-electron chi connectivity index (χ1n) is 5.72. The van der Waals surface area contributed by atoms with Gasteiger partial charge in [-0.05, 0) is 36.8 Å². The molecule has 0 saturated carbocycles. The van der Waals surface area contributed by atoms with Gasteiger partial charge in [-0.1, -0.05) is 12.1 Å². The monoisotopic (exact) mass is 263 g/mol. The minimum atomic E-state index is 0.581. The lowest BCUT2D eigenvalue weighted by Crippen LogP contribution is -2.16. The number of H-pyrrole nitrogens is 1. The van der Waals surface area contributed by atoms with E-state index in [1.807, 2.05) is 21.0 Å². The predicted octanol–water partition coefficient (Wildman–Crippen LogP) is 2.06. The second-order valence-corrected chi connectivity index (χ2v) is 4.69. The molecule has 2 aromatic rings. The molecule has 1 aromatic heterocycles. The van der Waals surface area contributed by atoms with E-state index < -0.39 is 0 Å². The van der Waals surface area contributed by atoms with Gasteiger partial charge in [0.15, 0.2) is 0 Å². The van der Waals surface area contributed by atoms with Crippen LogP contribution in [0.3, 0.4) is 0 Å². The first-order valence-corrected chi connectivity index (χ1v) is 6.13. The second kappa shape index (κ2) is 5.22. The number of hydrogen-bond donors (Lipinski definition) is 2. The van der Waals surface area contributed by atoms with Crippen LogP contribution in [-0.2, 0) is 6.54 Å². The molecule has 0 aliphatic rings. The van der Waals surface area contributed by atoms with Crippen molar-refractivity contribution in [3.05, 3.63) is 40.4 Å². The lowest BCUT2D eigenvalue weighted by molar-refractivity contribution is 0.794. The van der Waals surface area contributed by atoms with E-state index in [4.69, 9.17) is 12.2 Å². The van der Waals surface area contributed by atoms with Crippen molar-refractivity contribution in [1.82, 2.24) is 14.9 Å². The summed E-state index contributed by atoms with van der Waals surface area (Å²) in [5.74, 6) is 0.824. The van der Waals surface area contributed by atoms with Crippen molar-refractivity contribution in [2.75, 3.05) is 24.4 Å². The molecule has 5 nitrogen and oxygen atoms in total. The molecule has 0 saturated heterocycles. The summed E-state index contributed by atoms with van der Waals surface area (Å²) in [6.45, 7) is 2.61. The lowest BCUT2D eigenvalue weighted by Gasteiger charge is -2.13. The quantitative estimate of drug-likeness (QED) is 0.829. The maximum atomic E-state index is 5.12. The maximum absolute atomic E-state index is 5.12. The van der Waals surface area contributed by atoms with E-state index in [1.54, 1.807) is 4.68 Å². The fourth-order valence-electron chi connectivity index (χ4n) is 1.64. The van der Waals surface area contributed by atoms with Gasteiger partial charge >= 0.3 is 0 Å². The summed E-state index contributed by atoms with van der Waals surface area (Å²) in [7, 11) is 4.06. The zero-order valence-electron chi connectivity index (χ0n) is 10.8. The Balaban J connectivity index is 2.05. The minimum absolute atomic E-state index is 0.581. The Bertz CT molecular complexity index is 567. The van der Waals surface area contributed by atoms with Gasteiger partial charge in [0.1, 0.15) is 5.82 Å². The summed E-state index contributed by atoms with van der Waals surface area (Å²) >= 11 is 5.12. The topological polar surface area (TPSA) is 48.9 Å². The first-order chi connectivity index (χ1) is 8.58. The van der Waals surface area contributed by atoms with Crippen molar-refractivity contribution in [3.8, 4) is 0 Å². The summed E-state index contributed by atoms with van der Waals surface area (Å²) in [6.07, 6.45) is 0. The SMILES string of the molecule is Cc1n[nH]c(=S)n1NCc1ccc(N(C)C)cc1. The molecule has 0 amide bonds. The zero-order chi connectivity index (χ0) is 13.1. The molecule has 2 N–H and O–H groups in total.